The van der Waals surface area contributed by atoms with Crippen molar-refractivity contribution in [1.29, 1.82) is 0 Å². The Morgan fingerprint density at radius 2 is 2.20 bits per heavy atom. The third kappa shape index (κ3) is 2.65. The topological polar surface area (TPSA) is 52.6 Å². The van der Waals surface area contributed by atoms with Crippen LogP contribution in [0.15, 0.2) is 18.2 Å². The van der Waals surface area contributed by atoms with Gasteiger partial charge in [0.2, 0.25) is 0 Å². The van der Waals surface area contributed by atoms with Gasteiger partial charge in [0.05, 0.1) is 5.56 Å². The Kier molecular flexibility index (Phi) is 4.16. The number of carbonyl (C=O) groups is 1. The molecule has 2 N–H and O–H groups in total. The van der Waals surface area contributed by atoms with Crippen LogP contribution in [0.2, 0.25) is 0 Å². The molecule has 5 heteroatoms. The Hall–Kier alpha value is -0.820. The first-order valence-electron chi connectivity index (χ1n) is 7.19. The molecule has 3 rings (SSSR count). The summed E-state index contributed by atoms with van der Waals surface area (Å²) in [5, 5.41) is 13.5. The van der Waals surface area contributed by atoms with Crippen LogP contribution in [0.25, 0.3) is 0 Å². The Morgan fingerprint density at radius 3 is 2.95 bits per heavy atom. The van der Waals surface area contributed by atoms with Crippen molar-refractivity contribution in [2.45, 2.75) is 37.8 Å². The predicted molar refractivity (Wildman–Crippen MR) is 85.9 cm³/mol. The lowest BCUT2D eigenvalue weighted by molar-refractivity contribution is 0.0708. The van der Waals surface area contributed by atoms with Gasteiger partial charge in [-0.2, -0.15) is 0 Å². The van der Waals surface area contributed by atoms with Gasteiger partial charge in [-0.25, -0.2) is 0 Å². The number of carbonyl (C=O) groups excluding carboxylic acids is 1. The van der Waals surface area contributed by atoms with Crippen LogP contribution in [0.3, 0.4) is 0 Å². The lowest BCUT2D eigenvalue weighted by Crippen LogP contribution is -2.46. The average molecular weight is 386 g/mol. The largest absolute Gasteiger partial charge is 0.507 e. The zero-order chi connectivity index (χ0) is 14.1. The highest BCUT2D eigenvalue weighted by molar-refractivity contribution is 14.1. The van der Waals surface area contributed by atoms with Crippen molar-refractivity contribution in [3.63, 3.8) is 0 Å². The van der Waals surface area contributed by atoms with E-state index in [9.17, 15) is 9.90 Å². The Balaban J connectivity index is 1.83. The van der Waals surface area contributed by atoms with Gasteiger partial charge >= 0.3 is 0 Å². The molecule has 0 bridgehead atoms. The molecule has 0 aromatic heterocycles. The molecule has 2 atom stereocenters. The van der Waals surface area contributed by atoms with Gasteiger partial charge in [0.25, 0.3) is 5.91 Å². The van der Waals surface area contributed by atoms with Crippen LogP contribution in [0.5, 0.6) is 5.75 Å². The molecular formula is C15H19IN2O2. The highest BCUT2D eigenvalue weighted by Gasteiger charge is 2.36. The number of benzene rings is 1. The summed E-state index contributed by atoms with van der Waals surface area (Å²) in [5.41, 5.74) is 0.432. The average Bonchev–Trinajstić information content (AvgIpc) is 3.10. The molecule has 4 nitrogen and oxygen atoms in total. The molecule has 2 fully saturated rings. The fourth-order valence-electron chi connectivity index (χ4n) is 3.34. The summed E-state index contributed by atoms with van der Waals surface area (Å²) in [7, 11) is 0. The van der Waals surface area contributed by atoms with Crippen LogP contribution in [0.4, 0.5) is 0 Å². The van der Waals surface area contributed by atoms with Crippen molar-refractivity contribution in [2.75, 3.05) is 13.1 Å². The van der Waals surface area contributed by atoms with Crippen molar-refractivity contribution in [1.82, 2.24) is 10.2 Å². The number of likely N-dealkylation sites (tertiary alicyclic amines) is 1. The summed E-state index contributed by atoms with van der Waals surface area (Å²) in [5.74, 6) is 0.0534. The number of amides is 1. The second-order valence-corrected chi connectivity index (χ2v) is 6.82. The first-order valence-corrected chi connectivity index (χ1v) is 8.27. The highest BCUT2D eigenvalue weighted by Crippen LogP contribution is 2.29. The molecule has 1 aromatic carbocycles. The Bertz CT molecular complexity index is 515. The summed E-state index contributed by atoms with van der Waals surface area (Å²) in [6, 6.07) is 5.89. The minimum absolute atomic E-state index is 0.0304. The number of hydrogen-bond donors (Lipinski definition) is 2. The van der Waals surface area contributed by atoms with Crippen molar-refractivity contribution >= 4 is 28.5 Å². The van der Waals surface area contributed by atoms with Crippen LogP contribution >= 0.6 is 22.6 Å². The number of halogens is 1. The molecular weight excluding hydrogens is 367 g/mol. The molecule has 2 saturated heterocycles. The minimum atomic E-state index is -0.0304. The fraction of sp³-hybridized carbons (Fsp3) is 0.533. The first-order chi connectivity index (χ1) is 9.66. The molecule has 0 aliphatic carbocycles. The lowest BCUT2D eigenvalue weighted by atomic mass is 10.0. The van der Waals surface area contributed by atoms with Crippen LogP contribution in [0.1, 0.15) is 36.0 Å². The Morgan fingerprint density at radius 1 is 1.35 bits per heavy atom. The van der Waals surface area contributed by atoms with E-state index in [1.165, 1.54) is 6.42 Å². The van der Waals surface area contributed by atoms with Crippen molar-refractivity contribution < 1.29 is 9.90 Å². The molecule has 1 aromatic rings. The van der Waals surface area contributed by atoms with Gasteiger partial charge in [-0.1, -0.05) is 0 Å². The molecule has 1 amide bonds. The molecule has 0 saturated carbocycles. The van der Waals surface area contributed by atoms with E-state index in [0.29, 0.717) is 11.6 Å². The summed E-state index contributed by atoms with van der Waals surface area (Å²) in [6.45, 7) is 1.85. The number of nitrogens with zero attached hydrogens (tertiary/aromatic N) is 1. The van der Waals surface area contributed by atoms with Gasteiger partial charge in [-0.05, 0) is 73.0 Å². The maximum Gasteiger partial charge on any atom is 0.257 e. The number of phenols is 1. The summed E-state index contributed by atoms with van der Waals surface area (Å²) < 4.78 is 0.971. The van der Waals surface area contributed by atoms with Crippen molar-refractivity contribution in [3.05, 3.63) is 27.3 Å². The highest BCUT2D eigenvalue weighted by atomic mass is 127. The van der Waals surface area contributed by atoms with E-state index in [4.69, 9.17) is 0 Å². The van der Waals surface area contributed by atoms with E-state index in [-0.39, 0.29) is 17.7 Å². The van der Waals surface area contributed by atoms with Gasteiger partial charge in [0, 0.05) is 22.2 Å². The van der Waals surface area contributed by atoms with Gasteiger partial charge in [-0.15, -0.1) is 0 Å². The smallest absolute Gasteiger partial charge is 0.257 e. The molecule has 2 aliphatic heterocycles. The van der Waals surface area contributed by atoms with Crippen LogP contribution < -0.4 is 5.32 Å². The molecule has 2 unspecified atom stereocenters. The molecule has 0 spiro atoms. The summed E-state index contributed by atoms with van der Waals surface area (Å²) >= 11 is 2.17. The first kappa shape index (κ1) is 14.1. The van der Waals surface area contributed by atoms with Crippen LogP contribution in [-0.2, 0) is 0 Å². The maximum absolute atomic E-state index is 12.7. The normalized spacial score (nSPS) is 26.1. The standard InChI is InChI=1S/C15H19IN2O2/c16-10-5-6-14(19)11(9-10)15(20)18-8-2-4-13(18)12-3-1-7-17-12/h5-6,9,12-13,17,19H,1-4,7-8H2. The predicted octanol–water partition coefficient (Wildman–Crippen LogP) is 2.35. The Labute approximate surface area is 132 Å². The number of phenolic OH excluding ortho intramolecular Hbond substituents is 1. The number of hydrogen-bond acceptors (Lipinski definition) is 3. The summed E-state index contributed by atoms with van der Waals surface area (Å²) in [4.78, 5) is 14.7. The number of nitrogens with one attached hydrogen (secondary N) is 1. The molecule has 2 aliphatic rings. The summed E-state index contributed by atoms with van der Waals surface area (Å²) in [6.07, 6.45) is 4.46. The second-order valence-electron chi connectivity index (χ2n) is 5.57. The quantitative estimate of drug-likeness (QED) is 0.768. The van der Waals surface area contributed by atoms with Gasteiger partial charge in [0.1, 0.15) is 5.75 Å². The third-order valence-corrected chi connectivity index (χ3v) is 4.98. The second kappa shape index (κ2) is 5.89. The number of rotatable bonds is 2. The van der Waals surface area contributed by atoms with Crippen molar-refractivity contribution in [3.8, 4) is 5.75 Å². The van der Waals surface area contributed by atoms with Gasteiger partial charge in [-0.3, -0.25) is 4.79 Å². The third-order valence-electron chi connectivity index (χ3n) is 4.31. The monoisotopic (exact) mass is 386 g/mol. The zero-order valence-electron chi connectivity index (χ0n) is 11.3. The van der Waals surface area contributed by atoms with E-state index in [2.05, 4.69) is 27.9 Å². The van der Waals surface area contributed by atoms with Crippen LogP contribution in [-0.4, -0.2) is 41.1 Å². The van der Waals surface area contributed by atoms with Gasteiger partial charge in [0.15, 0.2) is 0 Å². The lowest BCUT2D eigenvalue weighted by Gasteiger charge is -2.29. The van der Waals surface area contributed by atoms with E-state index >= 15 is 0 Å². The minimum Gasteiger partial charge on any atom is -0.507 e. The van der Waals surface area contributed by atoms with E-state index in [0.717, 1.165) is 35.9 Å². The van der Waals surface area contributed by atoms with Crippen LogP contribution in [0, 0.1) is 3.57 Å². The number of aromatic hydroxyl groups is 1. The molecule has 2 heterocycles. The molecule has 108 valence electrons. The molecule has 20 heavy (non-hydrogen) atoms. The maximum atomic E-state index is 12.7. The fourth-order valence-corrected chi connectivity index (χ4v) is 3.83. The van der Waals surface area contributed by atoms with Gasteiger partial charge < -0.3 is 15.3 Å². The molecule has 0 radical (unpaired) electrons. The zero-order valence-corrected chi connectivity index (χ0v) is 13.5. The van der Waals surface area contributed by atoms with Crippen molar-refractivity contribution in [2.24, 2.45) is 0 Å². The van der Waals surface area contributed by atoms with E-state index < -0.39 is 0 Å². The van der Waals surface area contributed by atoms with E-state index in [1.807, 2.05) is 11.0 Å². The van der Waals surface area contributed by atoms with E-state index in [1.54, 1.807) is 12.1 Å². The SMILES string of the molecule is O=C(c1cc(I)ccc1O)N1CCCC1C1CCCN1.